The van der Waals surface area contributed by atoms with Crippen molar-refractivity contribution in [2.75, 3.05) is 0 Å². The molecular formula is C12H11FO3. The van der Waals surface area contributed by atoms with E-state index in [9.17, 15) is 14.3 Å². The molecule has 1 saturated carbocycles. The van der Waals surface area contributed by atoms with E-state index in [4.69, 9.17) is 5.11 Å². The number of benzene rings is 1. The van der Waals surface area contributed by atoms with E-state index >= 15 is 0 Å². The lowest BCUT2D eigenvalue weighted by Crippen LogP contribution is -2.13. The molecule has 1 aromatic rings. The van der Waals surface area contributed by atoms with Gasteiger partial charge in [-0.25, -0.2) is 4.39 Å². The zero-order chi connectivity index (χ0) is 11.5. The highest BCUT2D eigenvalue weighted by Gasteiger charge is 2.63. The zero-order valence-electron chi connectivity index (χ0n) is 8.53. The molecule has 16 heavy (non-hydrogen) atoms. The van der Waals surface area contributed by atoms with Crippen molar-refractivity contribution < 1.29 is 19.4 Å². The Hall–Kier alpha value is -1.58. The van der Waals surface area contributed by atoms with Crippen LogP contribution in [0.5, 0.6) is 5.75 Å². The minimum absolute atomic E-state index is 0.379. The van der Waals surface area contributed by atoms with Gasteiger partial charge in [0.1, 0.15) is 0 Å². The second-order valence-electron chi connectivity index (χ2n) is 4.68. The van der Waals surface area contributed by atoms with Gasteiger partial charge in [-0.15, -0.1) is 0 Å². The lowest BCUT2D eigenvalue weighted by Gasteiger charge is -2.11. The Morgan fingerprint density at radius 3 is 2.88 bits per heavy atom. The molecule has 2 aliphatic rings. The van der Waals surface area contributed by atoms with Gasteiger partial charge in [-0.05, 0) is 30.9 Å². The van der Waals surface area contributed by atoms with E-state index in [2.05, 4.69) is 0 Å². The number of hydrogen-bond donors (Lipinski definition) is 2. The summed E-state index contributed by atoms with van der Waals surface area (Å²) in [7, 11) is 0. The van der Waals surface area contributed by atoms with Crippen molar-refractivity contribution in [3.05, 3.63) is 29.1 Å². The summed E-state index contributed by atoms with van der Waals surface area (Å²) in [6.07, 6.45) is 1.88. The molecule has 0 amide bonds. The number of halogens is 1. The monoisotopic (exact) mass is 222 g/mol. The average molecular weight is 222 g/mol. The van der Waals surface area contributed by atoms with Gasteiger partial charge in [0.05, 0.1) is 5.92 Å². The zero-order valence-corrected chi connectivity index (χ0v) is 8.53. The molecule has 1 fully saturated rings. The molecule has 3 rings (SSSR count). The molecule has 0 saturated heterocycles. The van der Waals surface area contributed by atoms with Gasteiger partial charge in [0.25, 0.3) is 0 Å². The number of carbonyl (C=O) groups is 1. The van der Waals surface area contributed by atoms with Crippen LogP contribution in [0.4, 0.5) is 4.39 Å². The van der Waals surface area contributed by atoms with Gasteiger partial charge in [0.15, 0.2) is 11.6 Å². The number of carboxylic acid groups (broad SMARTS) is 1. The summed E-state index contributed by atoms with van der Waals surface area (Å²) >= 11 is 0. The summed E-state index contributed by atoms with van der Waals surface area (Å²) in [5.41, 5.74) is 0.753. The molecule has 0 aliphatic heterocycles. The Morgan fingerprint density at radius 2 is 2.25 bits per heavy atom. The first-order valence-corrected chi connectivity index (χ1v) is 5.30. The Bertz CT molecular complexity index is 497. The fourth-order valence-corrected chi connectivity index (χ4v) is 3.02. The highest BCUT2D eigenvalue weighted by molar-refractivity contribution is 5.78. The van der Waals surface area contributed by atoms with Crippen LogP contribution >= 0.6 is 0 Å². The number of carboxylic acids is 1. The van der Waals surface area contributed by atoms with E-state index in [0.29, 0.717) is 24.8 Å². The summed E-state index contributed by atoms with van der Waals surface area (Å²) in [5, 5.41) is 18.3. The molecule has 1 spiro atoms. The quantitative estimate of drug-likeness (QED) is 0.762. The third-order valence-electron chi connectivity index (χ3n) is 3.92. The maximum absolute atomic E-state index is 13.8. The van der Waals surface area contributed by atoms with Gasteiger partial charge < -0.3 is 10.2 Å². The molecule has 3 nitrogen and oxygen atoms in total. The molecule has 2 atom stereocenters. The van der Waals surface area contributed by atoms with Crippen molar-refractivity contribution in [1.82, 2.24) is 0 Å². The Labute approximate surface area is 91.5 Å². The minimum Gasteiger partial charge on any atom is -0.505 e. The Kier molecular flexibility index (Phi) is 1.66. The topological polar surface area (TPSA) is 57.5 Å². The second-order valence-corrected chi connectivity index (χ2v) is 4.68. The van der Waals surface area contributed by atoms with E-state index in [1.807, 2.05) is 0 Å². The van der Waals surface area contributed by atoms with E-state index in [1.165, 1.54) is 6.07 Å². The summed E-state index contributed by atoms with van der Waals surface area (Å²) in [4.78, 5) is 10.9. The maximum Gasteiger partial charge on any atom is 0.307 e. The first-order chi connectivity index (χ1) is 7.56. The van der Waals surface area contributed by atoms with E-state index in [1.54, 1.807) is 6.07 Å². The molecule has 2 N–H and O–H groups in total. The van der Waals surface area contributed by atoms with Crippen molar-refractivity contribution in [1.29, 1.82) is 0 Å². The van der Waals surface area contributed by atoms with Gasteiger partial charge in [-0.1, -0.05) is 6.07 Å². The number of phenolic OH excluding ortho intramolecular Hbond substituents is 1. The van der Waals surface area contributed by atoms with E-state index in [-0.39, 0.29) is 5.75 Å². The number of phenols is 1. The van der Waals surface area contributed by atoms with Crippen LogP contribution in [-0.4, -0.2) is 16.2 Å². The summed E-state index contributed by atoms with van der Waals surface area (Å²) in [6.45, 7) is 0. The highest BCUT2D eigenvalue weighted by atomic mass is 19.1. The molecule has 1 aromatic carbocycles. The molecular weight excluding hydrogens is 211 g/mol. The smallest absolute Gasteiger partial charge is 0.307 e. The lowest BCUT2D eigenvalue weighted by molar-refractivity contribution is -0.139. The third-order valence-corrected chi connectivity index (χ3v) is 3.92. The predicted octanol–water partition coefficient (Wildman–Crippen LogP) is 1.82. The summed E-state index contributed by atoms with van der Waals surface area (Å²) in [5.74, 6) is -2.35. The molecule has 0 heterocycles. The van der Waals surface area contributed by atoms with E-state index < -0.39 is 23.1 Å². The van der Waals surface area contributed by atoms with Crippen molar-refractivity contribution >= 4 is 5.97 Å². The highest BCUT2D eigenvalue weighted by Crippen LogP contribution is 2.62. The van der Waals surface area contributed by atoms with Crippen molar-refractivity contribution in [3.8, 4) is 5.75 Å². The summed E-state index contributed by atoms with van der Waals surface area (Å²) in [6, 6.07) is 3.03. The first kappa shape index (κ1) is 9.63. The Morgan fingerprint density at radius 1 is 1.50 bits per heavy atom. The molecule has 4 heteroatoms. The van der Waals surface area contributed by atoms with Gasteiger partial charge in [-0.2, -0.15) is 0 Å². The number of fused-ring (bicyclic) bond motifs is 2. The van der Waals surface area contributed by atoms with Crippen LogP contribution in [0.25, 0.3) is 0 Å². The van der Waals surface area contributed by atoms with Crippen molar-refractivity contribution in [2.45, 2.75) is 24.7 Å². The van der Waals surface area contributed by atoms with Gasteiger partial charge in [0.2, 0.25) is 0 Å². The minimum atomic E-state index is -0.865. The van der Waals surface area contributed by atoms with E-state index in [0.717, 1.165) is 5.56 Å². The van der Waals surface area contributed by atoms with Gasteiger partial charge in [0, 0.05) is 11.0 Å². The van der Waals surface area contributed by atoms with Crippen LogP contribution in [-0.2, 0) is 16.6 Å². The normalized spacial score (nSPS) is 30.4. The van der Waals surface area contributed by atoms with Crippen LogP contribution < -0.4 is 0 Å². The molecule has 2 aliphatic carbocycles. The SMILES string of the molecule is O=C(O)[C@H]1C[C@@]12CCc1ccc(O)c(F)c12. The molecule has 0 unspecified atom stereocenters. The average Bonchev–Trinajstić information content (AvgIpc) is 2.83. The molecule has 0 radical (unpaired) electrons. The number of aromatic hydroxyl groups is 1. The maximum atomic E-state index is 13.8. The molecule has 84 valence electrons. The number of hydrogen-bond acceptors (Lipinski definition) is 2. The number of rotatable bonds is 1. The number of aryl methyl sites for hydroxylation is 1. The Balaban J connectivity index is 2.13. The fourth-order valence-electron chi connectivity index (χ4n) is 3.02. The van der Waals surface area contributed by atoms with Crippen LogP contribution in [0.2, 0.25) is 0 Å². The lowest BCUT2D eigenvalue weighted by atomic mass is 9.94. The molecule has 0 bridgehead atoms. The largest absolute Gasteiger partial charge is 0.505 e. The van der Waals surface area contributed by atoms with Crippen LogP contribution in [0, 0.1) is 11.7 Å². The van der Waals surface area contributed by atoms with Gasteiger partial charge in [-0.3, -0.25) is 4.79 Å². The third kappa shape index (κ3) is 0.991. The van der Waals surface area contributed by atoms with Crippen LogP contribution in [0.1, 0.15) is 24.0 Å². The van der Waals surface area contributed by atoms with Crippen LogP contribution in [0.15, 0.2) is 12.1 Å². The van der Waals surface area contributed by atoms with Crippen LogP contribution in [0.3, 0.4) is 0 Å². The second kappa shape index (κ2) is 2.75. The van der Waals surface area contributed by atoms with Crippen molar-refractivity contribution in [2.24, 2.45) is 5.92 Å². The first-order valence-electron chi connectivity index (χ1n) is 5.30. The van der Waals surface area contributed by atoms with Gasteiger partial charge >= 0.3 is 5.97 Å². The molecule has 0 aromatic heterocycles. The number of aliphatic carboxylic acids is 1. The van der Waals surface area contributed by atoms with Crippen molar-refractivity contribution in [3.63, 3.8) is 0 Å². The fraction of sp³-hybridized carbons (Fsp3) is 0.417. The predicted molar refractivity (Wildman–Crippen MR) is 53.8 cm³/mol. The standard InChI is InChI=1S/C12H11FO3/c13-10-8(14)2-1-6-3-4-12(9(6)10)5-7(12)11(15)16/h1-2,7,14H,3-5H2,(H,15,16)/t7-,12+/m1/s1. The summed E-state index contributed by atoms with van der Waals surface area (Å²) < 4.78 is 13.8.